The Kier molecular flexibility index (Phi) is 6.94. The standard InChI is InChI=1S/C22H25FN4O6S/c1-5-22(14-6-8-15(23)9-7-14)20(29)27(21(30)25-22)13-19(28)24-17-12-16(10-11-18(17)33-4)34(31,32)26(2)3/h6-12H,5,13H2,1-4H3,(H,24,28)(H,25,30)/t22-/m1/s1. The molecule has 2 aromatic carbocycles. The van der Waals surface area contributed by atoms with Crippen LogP contribution in [0.25, 0.3) is 0 Å². The highest BCUT2D eigenvalue weighted by atomic mass is 32.2. The van der Waals surface area contributed by atoms with E-state index in [-0.39, 0.29) is 22.8 Å². The van der Waals surface area contributed by atoms with Gasteiger partial charge in [-0.05, 0) is 42.3 Å². The molecule has 1 aliphatic rings. The smallest absolute Gasteiger partial charge is 0.325 e. The van der Waals surface area contributed by atoms with Crippen LogP contribution in [0.5, 0.6) is 5.75 Å². The first-order valence-electron chi connectivity index (χ1n) is 10.3. The van der Waals surface area contributed by atoms with E-state index in [0.29, 0.717) is 5.56 Å². The van der Waals surface area contributed by atoms with Crippen LogP contribution in [0, 0.1) is 5.82 Å². The largest absolute Gasteiger partial charge is 0.495 e. The average Bonchev–Trinajstić information content (AvgIpc) is 3.04. The third-order valence-corrected chi connectivity index (χ3v) is 7.38. The van der Waals surface area contributed by atoms with Gasteiger partial charge >= 0.3 is 6.03 Å². The summed E-state index contributed by atoms with van der Waals surface area (Å²) in [5.41, 5.74) is -0.980. The zero-order valence-corrected chi connectivity index (χ0v) is 19.9. The summed E-state index contributed by atoms with van der Waals surface area (Å²) in [4.78, 5) is 39.2. The minimum atomic E-state index is -3.78. The Morgan fingerprint density at radius 3 is 2.38 bits per heavy atom. The normalized spacial score (nSPS) is 18.2. The van der Waals surface area contributed by atoms with Crippen molar-refractivity contribution in [2.75, 3.05) is 33.1 Å². The van der Waals surface area contributed by atoms with Gasteiger partial charge in [-0.15, -0.1) is 0 Å². The maximum atomic E-state index is 13.4. The molecule has 4 amide bonds. The summed E-state index contributed by atoms with van der Waals surface area (Å²) in [5, 5.41) is 5.11. The maximum Gasteiger partial charge on any atom is 0.325 e. The molecule has 1 saturated heterocycles. The van der Waals surface area contributed by atoms with Crippen molar-refractivity contribution in [2.45, 2.75) is 23.8 Å². The fourth-order valence-corrected chi connectivity index (χ4v) is 4.56. The highest BCUT2D eigenvalue weighted by molar-refractivity contribution is 7.89. The summed E-state index contributed by atoms with van der Waals surface area (Å²) in [6.07, 6.45) is 0.180. The van der Waals surface area contributed by atoms with Gasteiger partial charge in [-0.25, -0.2) is 21.9 Å². The zero-order valence-electron chi connectivity index (χ0n) is 19.1. The highest BCUT2D eigenvalue weighted by Gasteiger charge is 2.51. The fraction of sp³-hybridized carbons (Fsp3) is 0.318. The van der Waals surface area contributed by atoms with Crippen molar-refractivity contribution < 1.29 is 31.9 Å². The number of benzene rings is 2. The van der Waals surface area contributed by atoms with E-state index < -0.39 is 45.8 Å². The first kappa shape index (κ1) is 25.1. The van der Waals surface area contributed by atoms with E-state index in [9.17, 15) is 27.2 Å². The summed E-state index contributed by atoms with van der Waals surface area (Å²) in [7, 11) is 0.310. The van der Waals surface area contributed by atoms with Gasteiger partial charge in [-0.2, -0.15) is 0 Å². The van der Waals surface area contributed by atoms with Crippen molar-refractivity contribution in [3.8, 4) is 5.75 Å². The van der Waals surface area contributed by atoms with Crippen molar-refractivity contribution in [3.63, 3.8) is 0 Å². The molecule has 12 heteroatoms. The molecule has 0 aromatic heterocycles. The molecule has 0 spiro atoms. The number of nitrogens with one attached hydrogen (secondary N) is 2. The molecule has 2 aromatic rings. The molecule has 0 unspecified atom stereocenters. The molecule has 3 rings (SSSR count). The number of nitrogens with zero attached hydrogens (tertiary/aromatic N) is 2. The monoisotopic (exact) mass is 492 g/mol. The summed E-state index contributed by atoms with van der Waals surface area (Å²) >= 11 is 0. The van der Waals surface area contributed by atoms with Crippen molar-refractivity contribution in [2.24, 2.45) is 0 Å². The molecule has 0 bridgehead atoms. The molecule has 1 fully saturated rings. The van der Waals surface area contributed by atoms with Crippen LogP contribution in [-0.2, 0) is 25.2 Å². The van der Waals surface area contributed by atoms with E-state index in [1.165, 1.54) is 63.7 Å². The van der Waals surface area contributed by atoms with Gasteiger partial charge in [0.05, 0.1) is 17.7 Å². The van der Waals surface area contributed by atoms with E-state index in [1.54, 1.807) is 6.92 Å². The number of carbonyl (C=O) groups excluding carboxylic acids is 3. The lowest BCUT2D eigenvalue weighted by Gasteiger charge is -2.25. The molecule has 1 heterocycles. The quantitative estimate of drug-likeness (QED) is 0.542. The molecular weight excluding hydrogens is 467 g/mol. The number of anilines is 1. The molecule has 1 aliphatic heterocycles. The minimum absolute atomic E-state index is 0.0581. The molecule has 1 atom stereocenters. The van der Waals surface area contributed by atoms with Crippen LogP contribution in [0.3, 0.4) is 0 Å². The van der Waals surface area contributed by atoms with E-state index in [1.807, 2.05) is 0 Å². The minimum Gasteiger partial charge on any atom is -0.495 e. The van der Waals surface area contributed by atoms with Crippen LogP contribution in [0.1, 0.15) is 18.9 Å². The molecule has 34 heavy (non-hydrogen) atoms. The van der Waals surface area contributed by atoms with Crippen LogP contribution in [0.4, 0.5) is 14.9 Å². The van der Waals surface area contributed by atoms with Gasteiger partial charge in [-0.3, -0.25) is 14.5 Å². The molecule has 10 nitrogen and oxygen atoms in total. The Bertz CT molecular complexity index is 1230. The lowest BCUT2D eigenvalue weighted by Crippen LogP contribution is -2.44. The van der Waals surface area contributed by atoms with E-state index in [2.05, 4.69) is 10.6 Å². The van der Waals surface area contributed by atoms with E-state index >= 15 is 0 Å². The van der Waals surface area contributed by atoms with Crippen LogP contribution in [0.2, 0.25) is 0 Å². The maximum absolute atomic E-state index is 13.4. The van der Waals surface area contributed by atoms with Gasteiger partial charge in [0, 0.05) is 14.1 Å². The lowest BCUT2D eigenvalue weighted by molar-refractivity contribution is -0.134. The number of hydrogen-bond acceptors (Lipinski definition) is 6. The van der Waals surface area contributed by atoms with Crippen LogP contribution < -0.4 is 15.4 Å². The van der Waals surface area contributed by atoms with Gasteiger partial charge in [0.2, 0.25) is 15.9 Å². The second kappa shape index (κ2) is 9.39. The Labute approximate surface area is 196 Å². The van der Waals surface area contributed by atoms with Gasteiger partial charge < -0.3 is 15.4 Å². The summed E-state index contributed by atoms with van der Waals surface area (Å²) in [6, 6.07) is 8.35. The summed E-state index contributed by atoms with van der Waals surface area (Å²) in [6.45, 7) is 1.06. The Hall–Kier alpha value is -3.51. The summed E-state index contributed by atoms with van der Waals surface area (Å²) < 4.78 is 44.4. The van der Waals surface area contributed by atoms with Gasteiger partial charge in [0.1, 0.15) is 23.7 Å². The molecular formula is C22H25FN4O6S. The van der Waals surface area contributed by atoms with Crippen molar-refractivity contribution in [1.82, 2.24) is 14.5 Å². The zero-order chi connectivity index (χ0) is 25.3. The number of methoxy groups -OCH3 is 1. The number of amides is 4. The summed E-state index contributed by atoms with van der Waals surface area (Å²) in [5.74, 6) is -1.70. The second-order valence-electron chi connectivity index (χ2n) is 7.78. The van der Waals surface area contributed by atoms with Crippen molar-refractivity contribution >= 4 is 33.6 Å². The van der Waals surface area contributed by atoms with Crippen LogP contribution in [0.15, 0.2) is 47.4 Å². The third kappa shape index (κ3) is 4.46. The Balaban J connectivity index is 1.84. The lowest BCUT2D eigenvalue weighted by atomic mass is 9.87. The number of urea groups is 1. The number of rotatable bonds is 8. The first-order valence-corrected chi connectivity index (χ1v) is 11.7. The van der Waals surface area contributed by atoms with Gasteiger partial charge in [-0.1, -0.05) is 19.1 Å². The van der Waals surface area contributed by atoms with Crippen LogP contribution in [-0.4, -0.2) is 63.2 Å². The first-order chi connectivity index (χ1) is 16.0. The predicted octanol–water partition coefficient (Wildman–Crippen LogP) is 1.88. The van der Waals surface area contributed by atoms with Crippen molar-refractivity contribution in [1.29, 1.82) is 0 Å². The number of carbonyl (C=O) groups is 3. The average molecular weight is 493 g/mol. The molecule has 182 valence electrons. The third-order valence-electron chi connectivity index (χ3n) is 5.57. The number of hydrogen-bond donors (Lipinski definition) is 2. The van der Waals surface area contributed by atoms with Crippen LogP contribution >= 0.6 is 0 Å². The van der Waals surface area contributed by atoms with Gasteiger partial charge in [0.25, 0.3) is 5.91 Å². The number of halogens is 1. The fourth-order valence-electron chi connectivity index (χ4n) is 3.63. The second-order valence-corrected chi connectivity index (χ2v) is 9.94. The Morgan fingerprint density at radius 1 is 1.18 bits per heavy atom. The highest BCUT2D eigenvalue weighted by Crippen LogP contribution is 2.33. The molecule has 0 radical (unpaired) electrons. The molecule has 0 aliphatic carbocycles. The number of ether oxygens (including phenoxy) is 1. The number of imide groups is 1. The van der Waals surface area contributed by atoms with E-state index in [0.717, 1.165) is 9.21 Å². The molecule has 2 N–H and O–H groups in total. The van der Waals surface area contributed by atoms with Crippen molar-refractivity contribution in [3.05, 3.63) is 53.8 Å². The molecule has 0 saturated carbocycles. The van der Waals surface area contributed by atoms with E-state index in [4.69, 9.17) is 4.74 Å². The Morgan fingerprint density at radius 2 is 1.82 bits per heavy atom. The SMILES string of the molecule is CC[C@]1(c2ccc(F)cc2)NC(=O)N(CC(=O)Nc2cc(S(=O)(=O)N(C)C)ccc2OC)C1=O. The predicted molar refractivity (Wildman–Crippen MR) is 121 cm³/mol. The number of sulfonamides is 1. The van der Waals surface area contributed by atoms with Gasteiger partial charge in [0.15, 0.2) is 0 Å². The topological polar surface area (TPSA) is 125 Å².